The number of nitrogens with two attached hydrogens (primary N) is 1. The number of aromatic nitrogens is 2. The zero-order chi connectivity index (χ0) is 13.1. The number of thioether (sulfide) groups is 1. The summed E-state index contributed by atoms with van der Waals surface area (Å²) in [7, 11) is 0. The fraction of sp³-hybridized carbons (Fsp3) is 0.385. The number of benzene rings is 1. The van der Waals surface area contributed by atoms with Crippen molar-refractivity contribution >= 4 is 11.8 Å². The van der Waals surface area contributed by atoms with Crippen molar-refractivity contribution in [1.82, 2.24) is 10.2 Å². The lowest BCUT2D eigenvalue weighted by Gasteiger charge is -2.04. The summed E-state index contributed by atoms with van der Waals surface area (Å²) in [6, 6.07) is 6.22. The summed E-state index contributed by atoms with van der Waals surface area (Å²) in [4.78, 5) is 0. The van der Waals surface area contributed by atoms with Gasteiger partial charge < -0.3 is 10.2 Å². The predicted octanol–water partition coefficient (Wildman–Crippen LogP) is 3.00. The van der Waals surface area contributed by atoms with Crippen LogP contribution in [0.25, 0.3) is 0 Å². The first kappa shape index (κ1) is 13.1. The van der Waals surface area contributed by atoms with Gasteiger partial charge in [-0.05, 0) is 31.9 Å². The molecule has 0 aliphatic rings. The minimum atomic E-state index is -0.215. The van der Waals surface area contributed by atoms with Crippen molar-refractivity contribution in [1.29, 1.82) is 0 Å². The van der Waals surface area contributed by atoms with Gasteiger partial charge in [-0.1, -0.05) is 35.5 Å². The predicted molar refractivity (Wildman–Crippen MR) is 72.4 cm³/mol. The van der Waals surface area contributed by atoms with Gasteiger partial charge in [0.25, 0.3) is 5.22 Å². The van der Waals surface area contributed by atoms with E-state index < -0.39 is 0 Å². The Kier molecular flexibility index (Phi) is 4.04. The van der Waals surface area contributed by atoms with Crippen LogP contribution >= 0.6 is 11.8 Å². The number of hydrogen-bond donors (Lipinski definition) is 1. The van der Waals surface area contributed by atoms with Crippen LogP contribution in [0.4, 0.5) is 0 Å². The third kappa shape index (κ3) is 3.11. The van der Waals surface area contributed by atoms with Gasteiger partial charge >= 0.3 is 0 Å². The second-order valence-corrected chi connectivity index (χ2v) is 5.34. The van der Waals surface area contributed by atoms with Crippen LogP contribution in [0, 0.1) is 13.8 Å². The molecule has 0 amide bonds. The van der Waals surface area contributed by atoms with Gasteiger partial charge in [0.15, 0.2) is 0 Å². The molecule has 96 valence electrons. The van der Waals surface area contributed by atoms with E-state index in [1.165, 1.54) is 28.5 Å². The SMILES string of the molecule is Cc1ccc(C)c(CSc2nnc(C(C)N)o2)c1. The van der Waals surface area contributed by atoms with E-state index >= 15 is 0 Å². The van der Waals surface area contributed by atoms with Gasteiger partial charge in [0.05, 0.1) is 6.04 Å². The number of aryl methyl sites for hydroxylation is 2. The van der Waals surface area contributed by atoms with Gasteiger partial charge in [-0.25, -0.2) is 0 Å². The summed E-state index contributed by atoms with van der Waals surface area (Å²) >= 11 is 1.54. The molecule has 0 spiro atoms. The van der Waals surface area contributed by atoms with E-state index in [0.717, 1.165) is 5.75 Å². The van der Waals surface area contributed by atoms with Crippen molar-refractivity contribution in [3.05, 3.63) is 40.8 Å². The fourth-order valence-electron chi connectivity index (χ4n) is 1.56. The third-order valence-corrected chi connectivity index (χ3v) is 3.53. The lowest BCUT2D eigenvalue weighted by Crippen LogP contribution is -2.04. The minimum Gasteiger partial charge on any atom is -0.414 e. The Morgan fingerprint density at radius 1 is 1.33 bits per heavy atom. The van der Waals surface area contributed by atoms with Crippen molar-refractivity contribution in [2.75, 3.05) is 0 Å². The molecule has 0 bridgehead atoms. The standard InChI is InChI=1S/C13H17N3OS/c1-8-4-5-9(2)11(6-8)7-18-13-16-15-12(17-13)10(3)14/h4-6,10H,7,14H2,1-3H3. The summed E-state index contributed by atoms with van der Waals surface area (Å²) < 4.78 is 5.45. The Labute approximate surface area is 111 Å². The summed E-state index contributed by atoms with van der Waals surface area (Å²) in [6.45, 7) is 6.03. The van der Waals surface area contributed by atoms with E-state index in [4.69, 9.17) is 10.2 Å². The van der Waals surface area contributed by atoms with E-state index in [-0.39, 0.29) is 6.04 Å². The first-order chi connectivity index (χ1) is 8.56. The van der Waals surface area contributed by atoms with Crippen molar-refractivity contribution in [3.8, 4) is 0 Å². The van der Waals surface area contributed by atoms with Crippen LogP contribution in [0.2, 0.25) is 0 Å². The van der Waals surface area contributed by atoms with Gasteiger partial charge in [-0.3, -0.25) is 0 Å². The van der Waals surface area contributed by atoms with E-state index in [9.17, 15) is 0 Å². The van der Waals surface area contributed by atoms with E-state index in [2.05, 4.69) is 42.2 Å². The van der Waals surface area contributed by atoms with E-state index in [0.29, 0.717) is 11.1 Å². The second kappa shape index (κ2) is 5.54. The molecule has 0 radical (unpaired) electrons. The molecule has 1 atom stereocenters. The maximum atomic E-state index is 5.67. The summed E-state index contributed by atoms with van der Waals surface area (Å²) in [5, 5.41) is 8.45. The first-order valence-electron chi connectivity index (χ1n) is 5.84. The molecular weight excluding hydrogens is 246 g/mol. The van der Waals surface area contributed by atoms with E-state index in [1.807, 2.05) is 6.92 Å². The maximum Gasteiger partial charge on any atom is 0.276 e. The van der Waals surface area contributed by atoms with E-state index in [1.54, 1.807) is 0 Å². The van der Waals surface area contributed by atoms with Crippen molar-refractivity contribution in [2.45, 2.75) is 37.8 Å². The van der Waals surface area contributed by atoms with Crippen molar-refractivity contribution in [3.63, 3.8) is 0 Å². The molecule has 2 rings (SSSR count). The molecule has 2 N–H and O–H groups in total. The summed E-state index contributed by atoms with van der Waals surface area (Å²) in [5.41, 5.74) is 9.50. The van der Waals surface area contributed by atoms with Crippen LogP contribution in [0.3, 0.4) is 0 Å². The van der Waals surface area contributed by atoms with Gasteiger partial charge in [0.2, 0.25) is 5.89 Å². The quantitative estimate of drug-likeness (QED) is 0.859. The third-order valence-electron chi connectivity index (χ3n) is 2.67. The molecule has 0 fully saturated rings. The Hall–Kier alpha value is -1.33. The molecule has 1 aromatic carbocycles. The normalized spacial score (nSPS) is 12.7. The fourth-order valence-corrected chi connectivity index (χ4v) is 2.39. The van der Waals surface area contributed by atoms with Gasteiger partial charge in [-0.15, -0.1) is 10.2 Å². The molecule has 1 aromatic heterocycles. The highest BCUT2D eigenvalue weighted by Gasteiger charge is 2.10. The minimum absolute atomic E-state index is 0.215. The first-order valence-corrected chi connectivity index (χ1v) is 6.82. The van der Waals surface area contributed by atoms with Crippen LogP contribution in [-0.2, 0) is 5.75 Å². The van der Waals surface area contributed by atoms with Crippen molar-refractivity contribution < 1.29 is 4.42 Å². The number of nitrogens with zero attached hydrogens (tertiary/aromatic N) is 2. The second-order valence-electron chi connectivity index (χ2n) is 4.41. The smallest absolute Gasteiger partial charge is 0.276 e. The molecule has 5 heteroatoms. The summed E-state index contributed by atoms with van der Waals surface area (Å²) in [6.07, 6.45) is 0. The highest BCUT2D eigenvalue weighted by molar-refractivity contribution is 7.98. The molecule has 0 saturated carbocycles. The van der Waals surface area contributed by atoms with Crippen LogP contribution in [-0.4, -0.2) is 10.2 Å². The van der Waals surface area contributed by atoms with Gasteiger partial charge in [0, 0.05) is 5.75 Å². The Bertz CT molecular complexity index is 537. The average molecular weight is 263 g/mol. The van der Waals surface area contributed by atoms with Crippen LogP contribution in [0.1, 0.15) is 35.5 Å². The van der Waals surface area contributed by atoms with Crippen molar-refractivity contribution in [2.24, 2.45) is 5.73 Å². The lowest BCUT2D eigenvalue weighted by molar-refractivity contribution is 0.394. The number of hydrogen-bond acceptors (Lipinski definition) is 5. The van der Waals surface area contributed by atoms with Crippen LogP contribution in [0.5, 0.6) is 0 Å². The van der Waals surface area contributed by atoms with Gasteiger partial charge in [-0.2, -0.15) is 0 Å². The zero-order valence-corrected chi connectivity index (χ0v) is 11.6. The molecular formula is C13H17N3OS. The molecule has 1 heterocycles. The average Bonchev–Trinajstić information content (AvgIpc) is 2.79. The maximum absolute atomic E-state index is 5.67. The lowest BCUT2D eigenvalue weighted by atomic mass is 10.1. The molecule has 18 heavy (non-hydrogen) atoms. The van der Waals surface area contributed by atoms with Crippen LogP contribution < -0.4 is 5.73 Å². The molecule has 1 unspecified atom stereocenters. The molecule has 2 aromatic rings. The Morgan fingerprint density at radius 2 is 2.11 bits per heavy atom. The van der Waals surface area contributed by atoms with Gasteiger partial charge in [0.1, 0.15) is 0 Å². The molecule has 4 nitrogen and oxygen atoms in total. The topological polar surface area (TPSA) is 64.9 Å². The highest BCUT2D eigenvalue weighted by atomic mass is 32.2. The number of rotatable bonds is 4. The molecule has 0 saturated heterocycles. The monoisotopic (exact) mass is 263 g/mol. The molecule has 0 aliphatic carbocycles. The Balaban J connectivity index is 2.04. The molecule has 0 aliphatic heterocycles. The summed E-state index contributed by atoms with van der Waals surface area (Å²) in [5.74, 6) is 1.31. The largest absolute Gasteiger partial charge is 0.414 e. The zero-order valence-electron chi connectivity index (χ0n) is 10.8. The highest BCUT2D eigenvalue weighted by Crippen LogP contribution is 2.24. The Morgan fingerprint density at radius 3 is 2.78 bits per heavy atom. The van der Waals surface area contributed by atoms with Crippen LogP contribution in [0.15, 0.2) is 27.8 Å².